The third-order valence-electron chi connectivity index (χ3n) is 5.83. The molecular formula is C21H25NO4. The van der Waals surface area contributed by atoms with Gasteiger partial charge in [-0.1, -0.05) is 30.3 Å². The van der Waals surface area contributed by atoms with Gasteiger partial charge in [0, 0.05) is 13.2 Å². The lowest BCUT2D eigenvalue weighted by atomic mass is 9.73. The summed E-state index contributed by atoms with van der Waals surface area (Å²) in [5, 5.41) is 14.2. The fraction of sp³-hybridized carbons (Fsp3) is 0.476. The lowest BCUT2D eigenvalue weighted by Gasteiger charge is -2.37. The number of benzene rings is 1. The third kappa shape index (κ3) is 3.06. The zero-order valence-corrected chi connectivity index (χ0v) is 14.8. The molecule has 5 heteroatoms. The predicted octanol–water partition coefficient (Wildman–Crippen LogP) is 2.74. The van der Waals surface area contributed by atoms with Gasteiger partial charge in [0.2, 0.25) is 5.91 Å². The van der Waals surface area contributed by atoms with Crippen LogP contribution in [0.1, 0.15) is 37.0 Å². The first-order valence-corrected chi connectivity index (χ1v) is 9.33. The van der Waals surface area contributed by atoms with E-state index in [1.54, 1.807) is 18.4 Å². The first-order valence-electron chi connectivity index (χ1n) is 9.33. The highest BCUT2D eigenvalue weighted by Crippen LogP contribution is 2.46. The molecule has 1 amide bonds. The van der Waals surface area contributed by atoms with Gasteiger partial charge in [-0.05, 0) is 49.3 Å². The third-order valence-corrected chi connectivity index (χ3v) is 5.83. The average Bonchev–Trinajstić information content (AvgIpc) is 3.41. The van der Waals surface area contributed by atoms with Crippen LogP contribution in [0, 0.1) is 5.92 Å². The lowest BCUT2D eigenvalue weighted by Crippen LogP contribution is -2.52. The SMILES string of the molecule is O=C(NC[C@@](O)(c1ccco1)C1CC1)C1(c2ccccc2)CCOCC1. The number of carbonyl (C=O) groups excluding carboxylic acids is 1. The second-order valence-corrected chi connectivity index (χ2v) is 7.42. The van der Waals surface area contributed by atoms with Gasteiger partial charge in [-0.2, -0.15) is 0 Å². The minimum atomic E-state index is -1.14. The summed E-state index contributed by atoms with van der Waals surface area (Å²) in [7, 11) is 0. The summed E-state index contributed by atoms with van der Waals surface area (Å²) in [6.45, 7) is 1.29. The molecule has 1 saturated carbocycles. The van der Waals surface area contributed by atoms with E-state index in [1.165, 1.54) is 0 Å². The topological polar surface area (TPSA) is 71.7 Å². The van der Waals surface area contributed by atoms with Crippen molar-refractivity contribution >= 4 is 5.91 Å². The molecule has 4 rings (SSSR count). The molecule has 2 heterocycles. The van der Waals surface area contributed by atoms with E-state index in [1.807, 2.05) is 30.3 Å². The molecule has 0 bridgehead atoms. The molecule has 138 valence electrons. The van der Waals surface area contributed by atoms with Gasteiger partial charge in [0.05, 0.1) is 18.2 Å². The Hall–Kier alpha value is -2.11. The van der Waals surface area contributed by atoms with Crippen molar-refractivity contribution in [3.8, 4) is 0 Å². The fourth-order valence-corrected chi connectivity index (χ4v) is 4.03. The van der Waals surface area contributed by atoms with Gasteiger partial charge in [-0.3, -0.25) is 4.79 Å². The van der Waals surface area contributed by atoms with Gasteiger partial charge < -0.3 is 19.6 Å². The van der Waals surface area contributed by atoms with Crippen LogP contribution in [0.5, 0.6) is 0 Å². The number of ether oxygens (including phenoxy) is 1. The van der Waals surface area contributed by atoms with Crippen molar-refractivity contribution in [1.82, 2.24) is 5.32 Å². The maximum absolute atomic E-state index is 13.3. The van der Waals surface area contributed by atoms with Crippen molar-refractivity contribution in [2.24, 2.45) is 5.92 Å². The summed E-state index contributed by atoms with van der Waals surface area (Å²) in [6, 6.07) is 13.4. The minimum Gasteiger partial charge on any atom is -0.466 e. The molecule has 0 unspecified atom stereocenters. The first-order chi connectivity index (χ1) is 12.7. The lowest BCUT2D eigenvalue weighted by molar-refractivity contribution is -0.132. The van der Waals surface area contributed by atoms with Crippen molar-refractivity contribution in [3.63, 3.8) is 0 Å². The number of furan rings is 1. The maximum Gasteiger partial charge on any atom is 0.230 e. The fourth-order valence-electron chi connectivity index (χ4n) is 4.03. The van der Waals surface area contributed by atoms with Crippen LogP contribution in [-0.4, -0.2) is 30.8 Å². The summed E-state index contributed by atoms with van der Waals surface area (Å²) in [5.74, 6) is 0.620. The molecule has 1 aliphatic heterocycles. The Morgan fingerprint density at radius 3 is 2.50 bits per heavy atom. The summed E-state index contributed by atoms with van der Waals surface area (Å²) >= 11 is 0. The normalized spacial score (nSPS) is 21.7. The molecule has 1 atom stereocenters. The van der Waals surface area contributed by atoms with Crippen LogP contribution in [0.15, 0.2) is 53.1 Å². The molecule has 2 aromatic rings. The largest absolute Gasteiger partial charge is 0.466 e. The standard InChI is InChI=1S/C21H25NO4/c23-19(20(10-13-25-14-11-20)16-5-2-1-3-6-16)22-15-21(24,17-8-9-17)18-7-4-12-26-18/h1-7,12,17,24H,8-11,13-15H2,(H,22,23)/t21-/m0/s1. The Morgan fingerprint density at radius 2 is 1.88 bits per heavy atom. The second-order valence-electron chi connectivity index (χ2n) is 7.42. The van der Waals surface area contributed by atoms with Crippen molar-refractivity contribution in [1.29, 1.82) is 0 Å². The number of nitrogens with one attached hydrogen (secondary N) is 1. The average molecular weight is 355 g/mol. The molecule has 26 heavy (non-hydrogen) atoms. The zero-order valence-electron chi connectivity index (χ0n) is 14.8. The first kappa shape index (κ1) is 17.3. The van der Waals surface area contributed by atoms with Gasteiger partial charge in [0.15, 0.2) is 0 Å². The molecule has 1 saturated heterocycles. The van der Waals surface area contributed by atoms with Gasteiger partial charge in [-0.15, -0.1) is 0 Å². The quantitative estimate of drug-likeness (QED) is 0.836. The summed E-state index contributed by atoms with van der Waals surface area (Å²) in [6.07, 6.45) is 4.75. The van der Waals surface area contributed by atoms with E-state index < -0.39 is 11.0 Å². The van der Waals surface area contributed by atoms with Crippen LogP contribution in [-0.2, 0) is 20.5 Å². The van der Waals surface area contributed by atoms with Crippen LogP contribution >= 0.6 is 0 Å². The van der Waals surface area contributed by atoms with Crippen molar-refractivity contribution in [2.75, 3.05) is 19.8 Å². The van der Waals surface area contributed by atoms with Crippen LogP contribution in [0.4, 0.5) is 0 Å². The minimum absolute atomic E-state index is 0.0439. The van der Waals surface area contributed by atoms with Gasteiger partial charge in [0.1, 0.15) is 11.4 Å². The summed E-state index contributed by atoms with van der Waals surface area (Å²) in [4.78, 5) is 13.3. The number of amides is 1. The number of aliphatic hydroxyl groups is 1. The number of hydrogen-bond acceptors (Lipinski definition) is 4. The number of carbonyl (C=O) groups is 1. The van der Waals surface area contributed by atoms with Crippen molar-refractivity contribution < 1.29 is 19.1 Å². The molecule has 5 nitrogen and oxygen atoms in total. The molecular weight excluding hydrogens is 330 g/mol. The van der Waals surface area contributed by atoms with E-state index in [2.05, 4.69) is 5.32 Å². The maximum atomic E-state index is 13.3. The predicted molar refractivity (Wildman–Crippen MR) is 96.5 cm³/mol. The van der Waals surface area contributed by atoms with E-state index >= 15 is 0 Å². The molecule has 2 N–H and O–H groups in total. The van der Waals surface area contributed by atoms with Crippen LogP contribution < -0.4 is 5.32 Å². The van der Waals surface area contributed by atoms with Gasteiger partial charge in [-0.25, -0.2) is 0 Å². The summed E-state index contributed by atoms with van der Waals surface area (Å²) in [5.41, 5.74) is -0.733. The van der Waals surface area contributed by atoms with E-state index in [-0.39, 0.29) is 18.4 Å². The van der Waals surface area contributed by atoms with Crippen LogP contribution in [0.3, 0.4) is 0 Å². The molecule has 1 aliphatic carbocycles. The molecule has 2 fully saturated rings. The number of rotatable bonds is 6. The highest BCUT2D eigenvalue weighted by molar-refractivity contribution is 5.88. The van der Waals surface area contributed by atoms with Crippen LogP contribution in [0.25, 0.3) is 0 Å². The van der Waals surface area contributed by atoms with Crippen LogP contribution in [0.2, 0.25) is 0 Å². The van der Waals surface area contributed by atoms with Gasteiger partial charge in [0.25, 0.3) is 0 Å². The Kier molecular flexibility index (Phi) is 4.59. The highest BCUT2D eigenvalue weighted by Gasteiger charge is 2.49. The van der Waals surface area contributed by atoms with E-state index in [0.717, 1.165) is 18.4 Å². The smallest absolute Gasteiger partial charge is 0.230 e. The summed E-state index contributed by atoms with van der Waals surface area (Å²) < 4.78 is 11.0. The number of hydrogen-bond donors (Lipinski definition) is 2. The Morgan fingerprint density at radius 1 is 1.15 bits per heavy atom. The van der Waals surface area contributed by atoms with Crippen molar-refractivity contribution in [2.45, 2.75) is 36.7 Å². The van der Waals surface area contributed by atoms with E-state index in [0.29, 0.717) is 31.8 Å². The molecule has 0 spiro atoms. The van der Waals surface area contributed by atoms with E-state index in [9.17, 15) is 9.90 Å². The Balaban J connectivity index is 1.55. The Labute approximate surface area is 153 Å². The monoisotopic (exact) mass is 355 g/mol. The molecule has 2 aliphatic rings. The Bertz CT molecular complexity index is 733. The molecule has 1 aromatic carbocycles. The molecule has 1 aromatic heterocycles. The highest BCUT2D eigenvalue weighted by atomic mass is 16.5. The van der Waals surface area contributed by atoms with Crippen molar-refractivity contribution in [3.05, 3.63) is 60.1 Å². The second kappa shape index (κ2) is 6.89. The zero-order chi connectivity index (χ0) is 18.0. The van der Waals surface area contributed by atoms with Gasteiger partial charge >= 0.3 is 0 Å². The molecule has 0 radical (unpaired) electrons. The van der Waals surface area contributed by atoms with E-state index in [4.69, 9.17) is 9.15 Å².